The topological polar surface area (TPSA) is 26.0 Å². The predicted molar refractivity (Wildman–Crippen MR) is 74.0 cm³/mol. The van der Waals surface area contributed by atoms with Crippen molar-refractivity contribution < 1.29 is 0 Å². The van der Waals surface area contributed by atoms with Crippen molar-refractivity contribution in [3.63, 3.8) is 0 Å². The van der Waals surface area contributed by atoms with Gasteiger partial charge < -0.3 is 5.73 Å². The van der Waals surface area contributed by atoms with E-state index in [0.717, 1.165) is 24.7 Å². The van der Waals surface area contributed by atoms with Gasteiger partial charge in [-0.05, 0) is 56.1 Å². The van der Waals surface area contributed by atoms with E-state index in [-0.39, 0.29) is 5.54 Å². The van der Waals surface area contributed by atoms with E-state index in [9.17, 15) is 0 Å². The second-order valence-corrected chi connectivity index (χ2v) is 6.17. The number of hydrogen-bond donors (Lipinski definition) is 1. The summed E-state index contributed by atoms with van der Waals surface area (Å²) in [4.78, 5) is 0. The monoisotopic (exact) mass is 231 g/mol. The molecule has 0 saturated heterocycles. The van der Waals surface area contributed by atoms with Gasteiger partial charge in [0.1, 0.15) is 0 Å². The molecule has 0 radical (unpaired) electrons. The standard InChI is InChI=1S/C16H25N/c1-11-5-6-13(3)15(9-11)16(17)8-7-12(2)14(4)10-16/h5-6,9,12,14H,7-8,10,17H2,1-4H3. The van der Waals surface area contributed by atoms with E-state index in [1.165, 1.54) is 23.1 Å². The van der Waals surface area contributed by atoms with Gasteiger partial charge in [-0.2, -0.15) is 0 Å². The van der Waals surface area contributed by atoms with Gasteiger partial charge in [-0.25, -0.2) is 0 Å². The van der Waals surface area contributed by atoms with Gasteiger partial charge in [0.15, 0.2) is 0 Å². The highest BCUT2D eigenvalue weighted by atomic mass is 14.8. The van der Waals surface area contributed by atoms with E-state index in [4.69, 9.17) is 5.73 Å². The zero-order valence-electron chi connectivity index (χ0n) is 11.6. The van der Waals surface area contributed by atoms with Crippen molar-refractivity contribution in [3.05, 3.63) is 34.9 Å². The second-order valence-electron chi connectivity index (χ2n) is 6.17. The number of nitrogens with two attached hydrogens (primary N) is 1. The summed E-state index contributed by atoms with van der Waals surface area (Å²) in [5, 5.41) is 0. The first-order valence-electron chi connectivity index (χ1n) is 6.79. The van der Waals surface area contributed by atoms with E-state index < -0.39 is 0 Å². The summed E-state index contributed by atoms with van der Waals surface area (Å²) >= 11 is 0. The summed E-state index contributed by atoms with van der Waals surface area (Å²) < 4.78 is 0. The summed E-state index contributed by atoms with van der Waals surface area (Å²) in [6, 6.07) is 6.68. The molecule has 1 aliphatic rings. The first kappa shape index (κ1) is 12.6. The Bertz CT molecular complexity index is 410. The van der Waals surface area contributed by atoms with Crippen LogP contribution in [-0.4, -0.2) is 0 Å². The summed E-state index contributed by atoms with van der Waals surface area (Å²) in [6.45, 7) is 9.04. The van der Waals surface area contributed by atoms with E-state index >= 15 is 0 Å². The molecule has 3 atom stereocenters. The predicted octanol–water partition coefficient (Wildman–Crippen LogP) is 3.91. The Morgan fingerprint density at radius 3 is 2.53 bits per heavy atom. The van der Waals surface area contributed by atoms with Gasteiger partial charge in [0.25, 0.3) is 0 Å². The molecule has 1 saturated carbocycles. The minimum atomic E-state index is -0.0952. The zero-order chi connectivity index (χ0) is 12.6. The highest BCUT2D eigenvalue weighted by Gasteiger charge is 2.36. The van der Waals surface area contributed by atoms with Gasteiger partial charge in [-0.1, -0.05) is 37.6 Å². The van der Waals surface area contributed by atoms with E-state index in [1.807, 2.05) is 0 Å². The molecule has 1 aromatic carbocycles. The summed E-state index contributed by atoms with van der Waals surface area (Å²) in [5.74, 6) is 1.55. The van der Waals surface area contributed by atoms with Crippen LogP contribution in [0.5, 0.6) is 0 Å². The quantitative estimate of drug-likeness (QED) is 0.779. The summed E-state index contributed by atoms with van der Waals surface area (Å²) in [5.41, 5.74) is 10.6. The molecule has 94 valence electrons. The first-order valence-corrected chi connectivity index (χ1v) is 6.79. The normalized spacial score (nSPS) is 33.7. The van der Waals surface area contributed by atoms with Crippen LogP contribution in [0.3, 0.4) is 0 Å². The fourth-order valence-electron chi connectivity index (χ4n) is 3.16. The molecule has 0 aromatic heterocycles. The van der Waals surface area contributed by atoms with Gasteiger partial charge in [0.2, 0.25) is 0 Å². The smallest absolute Gasteiger partial charge is 0.0415 e. The maximum Gasteiger partial charge on any atom is 0.0415 e. The highest BCUT2D eigenvalue weighted by molar-refractivity contribution is 5.36. The molecular weight excluding hydrogens is 206 g/mol. The number of hydrogen-bond acceptors (Lipinski definition) is 1. The van der Waals surface area contributed by atoms with Crippen molar-refractivity contribution in [1.29, 1.82) is 0 Å². The highest BCUT2D eigenvalue weighted by Crippen LogP contribution is 2.41. The molecule has 0 bridgehead atoms. The van der Waals surface area contributed by atoms with E-state index in [1.54, 1.807) is 0 Å². The van der Waals surface area contributed by atoms with Crippen molar-refractivity contribution in [2.75, 3.05) is 0 Å². The molecule has 17 heavy (non-hydrogen) atoms. The molecule has 1 heteroatoms. The van der Waals surface area contributed by atoms with E-state index in [2.05, 4.69) is 45.9 Å². The Balaban J connectivity index is 2.35. The van der Waals surface area contributed by atoms with Crippen molar-refractivity contribution in [1.82, 2.24) is 0 Å². The van der Waals surface area contributed by atoms with Crippen LogP contribution in [0, 0.1) is 25.7 Å². The third-order valence-corrected chi connectivity index (χ3v) is 4.63. The fraction of sp³-hybridized carbons (Fsp3) is 0.625. The van der Waals surface area contributed by atoms with Crippen molar-refractivity contribution in [2.24, 2.45) is 17.6 Å². The summed E-state index contributed by atoms with van der Waals surface area (Å²) in [7, 11) is 0. The fourth-order valence-corrected chi connectivity index (χ4v) is 3.16. The SMILES string of the molecule is Cc1ccc(C)c(C2(N)CCC(C)C(C)C2)c1. The maximum atomic E-state index is 6.70. The van der Waals surface area contributed by atoms with E-state index in [0.29, 0.717) is 0 Å². The van der Waals surface area contributed by atoms with Crippen LogP contribution in [0.15, 0.2) is 18.2 Å². The van der Waals surface area contributed by atoms with Crippen LogP contribution < -0.4 is 5.73 Å². The van der Waals surface area contributed by atoms with Crippen LogP contribution in [0.4, 0.5) is 0 Å². The molecule has 3 unspecified atom stereocenters. The Morgan fingerprint density at radius 2 is 1.88 bits per heavy atom. The Morgan fingerprint density at radius 1 is 1.18 bits per heavy atom. The average Bonchev–Trinajstić information content (AvgIpc) is 2.27. The number of aryl methyl sites for hydroxylation is 2. The molecule has 0 spiro atoms. The molecule has 0 amide bonds. The van der Waals surface area contributed by atoms with Gasteiger partial charge in [-0.3, -0.25) is 0 Å². The summed E-state index contributed by atoms with van der Waals surface area (Å²) in [6.07, 6.45) is 3.51. The molecule has 2 rings (SSSR count). The lowest BCUT2D eigenvalue weighted by Gasteiger charge is -2.41. The zero-order valence-corrected chi connectivity index (χ0v) is 11.6. The van der Waals surface area contributed by atoms with Crippen LogP contribution in [0.2, 0.25) is 0 Å². The lowest BCUT2D eigenvalue weighted by Crippen LogP contribution is -2.43. The molecular formula is C16H25N. The Labute approximate surface area is 105 Å². The minimum Gasteiger partial charge on any atom is -0.321 e. The molecule has 1 aromatic rings. The molecule has 1 fully saturated rings. The third-order valence-electron chi connectivity index (χ3n) is 4.63. The lowest BCUT2D eigenvalue weighted by molar-refractivity contribution is 0.176. The lowest BCUT2D eigenvalue weighted by atomic mass is 9.68. The van der Waals surface area contributed by atoms with Crippen LogP contribution in [-0.2, 0) is 5.54 Å². The van der Waals surface area contributed by atoms with Gasteiger partial charge in [-0.15, -0.1) is 0 Å². The molecule has 0 heterocycles. The maximum absolute atomic E-state index is 6.70. The average molecular weight is 231 g/mol. The molecule has 0 aliphatic heterocycles. The van der Waals surface area contributed by atoms with Crippen molar-refractivity contribution >= 4 is 0 Å². The van der Waals surface area contributed by atoms with Crippen LogP contribution in [0.25, 0.3) is 0 Å². The molecule has 2 N–H and O–H groups in total. The second kappa shape index (κ2) is 4.45. The van der Waals surface area contributed by atoms with Gasteiger partial charge in [0, 0.05) is 5.54 Å². The third kappa shape index (κ3) is 2.40. The molecule has 1 nitrogen and oxygen atoms in total. The Hall–Kier alpha value is -0.820. The largest absolute Gasteiger partial charge is 0.321 e. The van der Waals surface area contributed by atoms with Gasteiger partial charge in [0.05, 0.1) is 0 Å². The van der Waals surface area contributed by atoms with Crippen molar-refractivity contribution in [3.8, 4) is 0 Å². The molecule has 1 aliphatic carbocycles. The van der Waals surface area contributed by atoms with Crippen molar-refractivity contribution in [2.45, 2.75) is 52.5 Å². The first-order chi connectivity index (χ1) is 7.92. The van der Waals surface area contributed by atoms with Crippen LogP contribution >= 0.6 is 0 Å². The number of rotatable bonds is 1. The Kier molecular flexibility index (Phi) is 3.31. The van der Waals surface area contributed by atoms with Crippen LogP contribution in [0.1, 0.15) is 49.8 Å². The number of benzene rings is 1. The minimum absolute atomic E-state index is 0.0952. The van der Waals surface area contributed by atoms with Gasteiger partial charge >= 0.3 is 0 Å².